The van der Waals surface area contributed by atoms with E-state index >= 15 is 0 Å². The van der Waals surface area contributed by atoms with E-state index < -0.39 is 0 Å². The van der Waals surface area contributed by atoms with Crippen molar-refractivity contribution >= 4 is 0 Å². The minimum absolute atomic E-state index is 0.0109. The predicted molar refractivity (Wildman–Crippen MR) is 62.5 cm³/mol. The van der Waals surface area contributed by atoms with Crippen LogP contribution in [0.4, 0.5) is 0 Å². The zero-order valence-electron chi connectivity index (χ0n) is 10.00. The van der Waals surface area contributed by atoms with E-state index in [1.807, 2.05) is 7.05 Å². The van der Waals surface area contributed by atoms with Gasteiger partial charge in [0.15, 0.2) is 0 Å². The summed E-state index contributed by atoms with van der Waals surface area (Å²) >= 11 is 0. The van der Waals surface area contributed by atoms with Gasteiger partial charge in [0, 0.05) is 6.54 Å². The average Bonchev–Trinajstić information content (AvgIpc) is 2.50. The molecule has 0 amide bonds. The van der Waals surface area contributed by atoms with Crippen molar-refractivity contribution in [3.8, 4) is 6.07 Å². The number of nitriles is 1. The molecule has 1 heterocycles. The maximum atomic E-state index is 8.89. The molecule has 0 aliphatic carbocycles. The lowest BCUT2D eigenvalue weighted by Crippen LogP contribution is -2.39. The Morgan fingerprint density at radius 2 is 2.27 bits per heavy atom. The van der Waals surface area contributed by atoms with Crippen LogP contribution in [0.3, 0.4) is 0 Å². The summed E-state index contributed by atoms with van der Waals surface area (Å²) in [6.07, 6.45) is 5.27. The summed E-state index contributed by atoms with van der Waals surface area (Å²) in [5.74, 6) is 0.908. The third-order valence-corrected chi connectivity index (χ3v) is 3.46. The Morgan fingerprint density at radius 1 is 1.47 bits per heavy atom. The number of rotatable bonds is 4. The van der Waals surface area contributed by atoms with Crippen molar-refractivity contribution in [2.45, 2.75) is 38.6 Å². The summed E-state index contributed by atoms with van der Waals surface area (Å²) in [5.41, 5.74) is 0. The van der Waals surface area contributed by atoms with Crippen molar-refractivity contribution in [1.82, 2.24) is 10.2 Å². The number of nitrogens with one attached hydrogen (secondary N) is 1. The molecule has 1 aliphatic heterocycles. The van der Waals surface area contributed by atoms with Gasteiger partial charge < -0.3 is 10.2 Å². The second kappa shape index (κ2) is 6.81. The first-order chi connectivity index (χ1) is 7.30. The van der Waals surface area contributed by atoms with E-state index in [4.69, 9.17) is 5.26 Å². The maximum absolute atomic E-state index is 8.89. The van der Waals surface area contributed by atoms with Crippen LogP contribution in [0.5, 0.6) is 0 Å². The first-order valence-corrected chi connectivity index (χ1v) is 6.09. The highest BCUT2D eigenvalue weighted by Gasteiger charge is 2.17. The van der Waals surface area contributed by atoms with E-state index in [0.29, 0.717) is 0 Å². The van der Waals surface area contributed by atoms with E-state index in [1.54, 1.807) is 0 Å². The molecular weight excluding hydrogens is 186 g/mol. The molecule has 1 N–H and O–H groups in total. The molecule has 1 aliphatic rings. The van der Waals surface area contributed by atoms with Crippen molar-refractivity contribution in [2.75, 3.05) is 26.7 Å². The lowest BCUT2D eigenvalue weighted by atomic mass is 9.98. The van der Waals surface area contributed by atoms with Gasteiger partial charge in [0.1, 0.15) is 6.04 Å². The van der Waals surface area contributed by atoms with Crippen LogP contribution in [0.15, 0.2) is 0 Å². The molecule has 0 bridgehead atoms. The van der Waals surface area contributed by atoms with Crippen LogP contribution < -0.4 is 5.32 Å². The highest BCUT2D eigenvalue weighted by Crippen LogP contribution is 2.20. The van der Waals surface area contributed by atoms with E-state index in [9.17, 15) is 0 Å². The van der Waals surface area contributed by atoms with Crippen LogP contribution in [0.1, 0.15) is 32.6 Å². The minimum atomic E-state index is -0.0109. The lowest BCUT2D eigenvalue weighted by molar-refractivity contribution is 0.266. The lowest BCUT2D eigenvalue weighted by Gasteiger charge is -2.22. The first kappa shape index (κ1) is 12.5. The smallest absolute Gasteiger partial charge is 0.108 e. The third-order valence-electron chi connectivity index (χ3n) is 3.46. The Labute approximate surface area is 93.5 Å². The molecule has 3 nitrogen and oxygen atoms in total. The summed E-state index contributed by atoms with van der Waals surface area (Å²) < 4.78 is 0. The topological polar surface area (TPSA) is 39.1 Å². The summed E-state index contributed by atoms with van der Waals surface area (Å²) in [6, 6.07) is 2.28. The van der Waals surface area contributed by atoms with Crippen molar-refractivity contribution in [2.24, 2.45) is 5.92 Å². The van der Waals surface area contributed by atoms with Gasteiger partial charge in [0.05, 0.1) is 6.07 Å². The first-order valence-electron chi connectivity index (χ1n) is 6.09. The molecular formula is C12H23N3. The molecule has 0 saturated carbocycles. The zero-order chi connectivity index (χ0) is 11.1. The fourth-order valence-corrected chi connectivity index (χ4v) is 2.27. The van der Waals surface area contributed by atoms with Crippen LogP contribution in [0, 0.1) is 17.2 Å². The standard InChI is InChI=1S/C12H23N3/c1-3-11-5-4-7-15(8-6-11)10-12(9-13)14-2/h11-12,14H,3-8,10H2,1-2H3. The van der Waals surface area contributed by atoms with E-state index in [-0.39, 0.29) is 6.04 Å². The second-order valence-electron chi connectivity index (χ2n) is 4.48. The Morgan fingerprint density at radius 3 is 2.87 bits per heavy atom. The number of likely N-dealkylation sites (N-methyl/N-ethyl adjacent to an activating group) is 1. The highest BCUT2D eigenvalue weighted by atomic mass is 15.1. The van der Waals surface area contributed by atoms with E-state index in [1.165, 1.54) is 32.2 Å². The molecule has 0 radical (unpaired) electrons. The molecule has 0 spiro atoms. The van der Waals surface area contributed by atoms with Crippen LogP contribution >= 0.6 is 0 Å². The Kier molecular flexibility index (Phi) is 5.67. The van der Waals surface area contributed by atoms with Gasteiger partial charge in [-0.15, -0.1) is 0 Å². The average molecular weight is 209 g/mol. The van der Waals surface area contributed by atoms with Crippen molar-refractivity contribution in [3.05, 3.63) is 0 Å². The zero-order valence-corrected chi connectivity index (χ0v) is 10.00. The molecule has 1 saturated heterocycles. The third kappa shape index (κ3) is 4.19. The number of likely N-dealkylation sites (tertiary alicyclic amines) is 1. The molecule has 2 unspecified atom stereocenters. The van der Waals surface area contributed by atoms with Gasteiger partial charge in [-0.05, 0) is 45.3 Å². The SMILES string of the molecule is CCC1CCCN(CC(C#N)NC)CC1. The number of hydrogen-bond acceptors (Lipinski definition) is 3. The molecule has 86 valence electrons. The van der Waals surface area contributed by atoms with Gasteiger partial charge in [-0.25, -0.2) is 0 Å². The quantitative estimate of drug-likeness (QED) is 0.764. The fraction of sp³-hybridized carbons (Fsp3) is 0.917. The van der Waals surface area contributed by atoms with Crippen LogP contribution in [-0.2, 0) is 0 Å². The van der Waals surface area contributed by atoms with Crippen molar-refractivity contribution < 1.29 is 0 Å². The number of hydrogen-bond donors (Lipinski definition) is 1. The molecule has 2 atom stereocenters. The van der Waals surface area contributed by atoms with E-state index in [2.05, 4.69) is 23.2 Å². The fourth-order valence-electron chi connectivity index (χ4n) is 2.27. The predicted octanol–water partition coefficient (Wildman–Crippen LogP) is 1.61. The van der Waals surface area contributed by atoms with Gasteiger partial charge >= 0.3 is 0 Å². The normalized spacial score (nSPS) is 25.5. The Bertz CT molecular complexity index is 209. The second-order valence-corrected chi connectivity index (χ2v) is 4.48. The van der Waals surface area contributed by atoms with Crippen LogP contribution in [0.2, 0.25) is 0 Å². The van der Waals surface area contributed by atoms with Gasteiger partial charge in [-0.3, -0.25) is 0 Å². The maximum Gasteiger partial charge on any atom is 0.108 e. The number of nitrogens with zero attached hydrogens (tertiary/aromatic N) is 2. The highest BCUT2D eigenvalue weighted by molar-refractivity contribution is 4.91. The van der Waals surface area contributed by atoms with Crippen molar-refractivity contribution in [1.29, 1.82) is 5.26 Å². The molecule has 1 fully saturated rings. The summed E-state index contributed by atoms with van der Waals surface area (Å²) in [7, 11) is 1.86. The molecule has 15 heavy (non-hydrogen) atoms. The van der Waals surface area contributed by atoms with Crippen molar-refractivity contribution in [3.63, 3.8) is 0 Å². The summed E-state index contributed by atoms with van der Waals surface area (Å²) in [4.78, 5) is 2.43. The van der Waals surface area contributed by atoms with Gasteiger partial charge in [-0.2, -0.15) is 5.26 Å². The molecule has 0 aromatic rings. The molecule has 0 aromatic carbocycles. The van der Waals surface area contributed by atoms with Crippen LogP contribution in [0.25, 0.3) is 0 Å². The minimum Gasteiger partial charge on any atom is -0.304 e. The van der Waals surface area contributed by atoms with Gasteiger partial charge in [0.2, 0.25) is 0 Å². The summed E-state index contributed by atoms with van der Waals surface area (Å²) in [6.45, 7) is 5.49. The Balaban J connectivity index is 2.34. The molecule has 3 heteroatoms. The van der Waals surface area contributed by atoms with Crippen LogP contribution in [-0.4, -0.2) is 37.6 Å². The molecule has 1 rings (SSSR count). The van der Waals surface area contributed by atoms with E-state index in [0.717, 1.165) is 19.0 Å². The molecule has 0 aromatic heterocycles. The Hall–Kier alpha value is -0.590. The van der Waals surface area contributed by atoms with Gasteiger partial charge in [-0.1, -0.05) is 13.3 Å². The largest absolute Gasteiger partial charge is 0.304 e. The summed E-state index contributed by atoms with van der Waals surface area (Å²) in [5, 5.41) is 11.9. The van der Waals surface area contributed by atoms with Gasteiger partial charge in [0.25, 0.3) is 0 Å². The monoisotopic (exact) mass is 209 g/mol.